The summed E-state index contributed by atoms with van der Waals surface area (Å²) in [5.74, 6) is 0.00744. The first-order chi connectivity index (χ1) is 14.1. The number of nitrogens with one attached hydrogen (secondary N) is 1. The van der Waals surface area contributed by atoms with Crippen molar-refractivity contribution in [3.63, 3.8) is 0 Å². The third-order valence-corrected chi connectivity index (χ3v) is 5.77. The molecule has 5 nitrogen and oxygen atoms in total. The van der Waals surface area contributed by atoms with Crippen molar-refractivity contribution >= 4 is 16.9 Å². The fraction of sp³-hybridized carbons (Fsp3) is 0.375. The molecule has 0 unspecified atom stereocenters. The number of benzene rings is 2. The van der Waals surface area contributed by atoms with E-state index in [9.17, 15) is 4.79 Å². The first kappa shape index (κ1) is 19.7. The maximum atomic E-state index is 12.9. The fourth-order valence-electron chi connectivity index (χ4n) is 3.91. The summed E-state index contributed by atoms with van der Waals surface area (Å²) in [4.78, 5) is 15.3. The second-order valence-corrected chi connectivity index (χ2v) is 7.77. The van der Waals surface area contributed by atoms with Gasteiger partial charge >= 0.3 is 0 Å². The Balaban J connectivity index is 1.50. The van der Waals surface area contributed by atoms with Crippen LogP contribution in [0.5, 0.6) is 0 Å². The lowest BCUT2D eigenvalue weighted by molar-refractivity contribution is -0.121. The zero-order chi connectivity index (χ0) is 20.2. The number of ether oxygens (including phenoxy) is 1. The zero-order valence-corrected chi connectivity index (χ0v) is 17.1. The Bertz CT molecular complexity index is 974. The van der Waals surface area contributed by atoms with E-state index in [1.807, 2.05) is 24.3 Å². The molecule has 29 heavy (non-hydrogen) atoms. The van der Waals surface area contributed by atoms with E-state index in [0.29, 0.717) is 6.42 Å². The van der Waals surface area contributed by atoms with Gasteiger partial charge in [0, 0.05) is 30.6 Å². The average Bonchev–Trinajstić information content (AvgIpc) is 3.15. The molecule has 1 atom stereocenters. The Morgan fingerprint density at radius 2 is 1.86 bits per heavy atom. The number of hydrogen-bond acceptors (Lipinski definition) is 4. The zero-order valence-electron chi connectivity index (χ0n) is 17.1. The van der Waals surface area contributed by atoms with Crippen LogP contribution in [0.4, 0.5) is 0 Å². The number of amides is 1. The molecular weight excluding hydrogens is 364 g/mol. The van der Waals surface area contributed by atoms with E-state index in [4.69, 9.17) is 9.15 Å². The molecule has 0 bridgehead atoms. The summed E-state index contributed by atoms with van der Waals surface area (Å²) in [7, 11) is 0. The van der Waals surface area contributed by atoms with Gasteiger partial charge in [0.25, 0.3) is 0 Å². The SMILES string of the molecule is Cc1ccc2c(CC(=O)N[C@@H](CN3CCOCC3)c3ccccc3)coc2c1C. The third kappa shape index (κ3) is 4.52. The lowest BCUT2D eigenvalue weighted by Gasteiger charge is -2.31. The molecule has 3 aromatic rings. The molecule has 2 heterocycles. The molecule has 1 saturated heterocycles. The topological polar surface area (TPSA) is 54.7 Å². The van der Waals surface area contributed by atoms with E-state index in [-0.39, 0.29) is 11.9 Å². The largest absolute Gasteiger partial charge is 0.464 e. The number of morpholine rings is 1. The van der Waals surface area contributed by atoms with Crippen molar-refractivity contribution in [2.75, 3.05) is 32.8 Å². The van der Waals surface area contributed by atoms with E-state index in [2.05, 4.69) is 42.3 Å². The van der Waals surface area contributed by atoms with Crippen molar-refractivity contribution in [1.29, 1.82) is 0 Å². The molecular formula is C24H28N2O3. The predicted molar refractivity (Wildman–Crippen MR) is 114 cm³/mol. The van der Waals surface area contributed by atoms with Gasteiger partial charge in [0.05, 0.1) is 31.9 Å². The fourth-order valence-corrected chi connectivity index (χ4v) is 3.91. The molecule has 0 aliphatic carbocycles. The predicted octanol–water partition coefficient (Wildman–Crippen LogP) is 3.78. The van der Waals surface area contributed by atoms with Gasteiger partial charge in [0.1, 0.15) is 5.58 Å². The Morgan fingerprint density at radius 1 is 1.10 bits per heavy atom. The molecule has 2 aromatic carbocycles. The molecule has 1 aromatic heterocycles. The van der Waals surface area contributed by atoms with Crippen molar-refractivity contribution in [1.82, 2.24) is 10.2 Å². The van der Waals surface area contributed by atoms with Crippen LogP contribution in [0.25, 0.3) is 11.0 Å². The van der Waals surface area contributed by atoms with Gasteiger partial charge in [-0.1, -0.05) is 42.5 Å². The third-order valence-electron chi connectivity index (χ3n) is 5.77. The number of furan rings is 1. The summed E-state index contributed by atoms with van der Waals surface area (Å²) in [5.41, 5.74) is 5.25. The van der Waals surface area contributed by atoms with Gasteiger partial charge < -0.3 is 14.5 Å². The van der Waals surface area contributed by atoms with Gasteiger partial charge in [-0.2, -0.15) is 0 Å². The minimum atomic E-state index is -0.0519. The molecule has 0 spiro atoms. The molecule has 1 aliphatic heterocycles. The molecule has 0 radical (unpaired) electrons. The molecule has 0 saturated carbocycles. The second-order valence-electron chi connectivity index (χ2n) is 7.77. The monoisotopic (exact) mass is 392 g/mol. The summed E-state index contributed by atoms with van der Waals surface area (Å²) in [6.45, 7) is 8.18. The molecule has 5 heteroatoms. The van der Waals surface area contributed by atoms with Crippen LogP contribution in [0.1, 0.15) is 28.3 Å². The van der Waals surface area contributed by atoms with Crippen molar-refractivity contribution in [3.05, 3.63) is 71.0 Å². The number of hydrogen-bond donors (Lipinski definition) is 1. The van der Waals surface area contributed by atoms with Gasteiger partial charge in [0.15, 0.2) is 0 Å². The highest BCUT2D eigenvalue weighted by molar-refractivity contribution is 5.89. The van der Waals surface area contributed by atoms with E-state index in [1.54, 1.807) is 6.26 Å². The molecule has 1 aliphatic rings. The van der Waals surface area contributed by atoms with E-state index < -0.39 is 0 Å². The van der Waals surface area contributed by atoms with Crippen molar-refractivity contribution in [2.24, 2.45) is 0 Å². The smallest absolute Gasteiger partial charge is 0.225 e. The number of nitrogens with zero attached hydrogens (tertiary/aromatic N) is 1. The number of aryl methyl sites for hydroxylation is 2. The van der Waals surface area contributed by atoms with Crippen LogP contribution in [-0.4, -0.2) is 43.7 Å². The Labute approximate surface area is 171 Å². The highest BCUT2D eigenvalue weighted by Crippen LogP contribution is 2.27. The standard InChI is InChI=1S/C24H28N2O3/c1-17-8-9-21-20(16-29-24(21)18(17)2)14-23(27)25-22(19-6-4-3-5-7-19)15-26-10-12-28-13-11-26/h3-9,16,22H,10-15H2,1-2H3,(H,25,27)/t22-/m0/s1. The number of carbonyl (C=O) groups excluding carboxylic acids is 1. The van der Waals surface area contributed by atoms with Crippen LogP contribution in [0.3, 0.4) is 0 Å². The maximum absolute atomic E-state index is 12.9. The normalized spacial score (nSPS) is 16.1. The van der Waals surface area contributed by atoms with Gasteiger partial charge in [0.2, 0.25) is 5.91 Å². The first-order valence-corrected chi connectivity index (χ1v) is 10.2. The molecule has 1 amide bonds. The molecule has 152 valence electrons. The highest BCUT2D eigenvalue weighted by Gasteiger charge is 2.21. The van der Waals surface area contributed by atoms with Gasteiger partial charge in [-0.25, -0.2) is 0 Å². The van der Waals surface area contributed by atoms with Crippen LogP contribution in [0.15, 0.2) is 53.1 Å². The Kier molecular flexibility index (Phi) is 5.97. The van der Waals surface area contributed by atoms with Crippen molar-refractivity contribution in [2.45, 2.75) is 26.3 Å². The summed E-state index contributed by atoms with van der Waals surface area (Å²) in [5, 5.41) is 4.27. The van der Waals surface area contributed by atoms with Crippen LogP contribution in [0.2, 0.25) is 0 Å². The number of fused-ring (bicyclic) bond motifs is 1. The Hall–Kier alpha value is -2.63. The van der Waals surface area contributed by atoms with Gasteiger partial charge in [-0.3, -0.25) is 9.69 Å². The number of carbonyl (C=O) groups is 1. The minimum absolute atomic E-state index is 0.00744. The highest BCUT2D eigenvalue weighted by atomic mass is 16.5. The van der Waals surface area contributed by atoms with Crippen LogP contribution in [-0.2, 0) is 16.0 Å². The van der Waals surface area contributed by atoms with E-state index in [0.717, 1.165) is 60.5 Å². The quantitative estimate of drug-likeness (QED) is 0.694. The lowest BCUT2D eigenvalue weighted by atomic mass is 10.0. The van der Waals surface area contributed by atoms with E-state index in [1.165, 1.54) is 5.56 Å². The van der Waals surface area contributed by atoms with Crippen molar-refractivity contribution in [3.8, 4) is 0 Å². The van der Waals surface area contributed by atoms with Crippen LogP contribution in [0, 0.1) is 13.8 Å². The van der Waals surface area contributed by atoms with Crippen LogP contribution < -0.4 is 5.32 Å². The summed E-state index contributed by atoms with van der Waals surface area (Å²) >= 11 is 0. The summed E-state index contributed by atoms with van der Waals surface area (Å²) in [6, 6.07) is 14.3. The minimum Gasteiger partial charge on any atom is -0.464 e. The van der Waals surface area contributed by atoms with Gasteiger partial charge in [-0.05, 0) is 30.5 Å². The second kappa shape index (κ2) is 8.80. The average molecular weight is 392 g/mol. The maximum Gasteiger partial charge on any atom is 0.225 e. The first-order valence-electron chi connectivity index (χ1n) is 10.2. The summed E-state index contributed by atoms with van der Waals surface area (Å²) < 4.78 is 11.2. The molecule has 1 N–H and O–H groups in total. The van der Waals surface area contributed by atoms with Crippen LogP contribution >= 0.6 is 0 Å². The number of rotatable bonds is 6. The summed E-state index contributed by atoms with van der Waals surface area (Å²) in [6.07, 6.45) is 2.03. The Morgan fingerprint density at radius 3 is 2.62 bits per heavy atom. The molecule has 1 fully saturated rings. The molecule has 4 rings (SSSR count). The van der Waals surface area contributed by atoms with Crippen molar-refractivity contribution < 1.29 is 13.9 Å². The lowest BCUT2D eigenvalue weighted by Crippen LogP contribution is -2.43. The van der Waals surface area contributed by atoms with Gasteiger partial charge in [-0.15, -0.1) is 0 Å². The van der Waals surface area contributed by atoms with E-state index >= 15 is 0 Å².